The van der Waals surface area contributed by atoms with Crippen LogP contribution in [0, 0.1) is 0 Å². The molecular weight excluding hydrogens is 947 g/mol. The SMILES string of the molecule is C=C/C(=C\C=C\c1ccccc1)c1nc(C2=CC(c3ccccc3)=C(N(c3ccc(-n4c5ccccc5c5ccccc54)cc3)c3ccc(C(C)(C)C)cc3)C(c3ccccc3)C2)nc(-c2ccc(-c3ccccc3)cc2)n1. The average molecular weight is 1010 g/mol. The van der Waals surface area contributed by atoms with E-state index in [4.69, 9.17) is 15.0 Å². The first-order chi connectivity index (χ1) is 38.3. The summed E-state index contributed by atoms with van der Waals surface area (Å²) < 4.78 is 2.38. The molecule has 78 heavy (non-hydrogen) atoms. The zero-order valence-corrected chi connectivity index (χ0v) is 44.2. The van der Waals surface area contributed by atoms with Crippen LogP contribution in [-0.4, -0.2) is 19.5 Å². The second-order valence-corrected chi connectivity index (χ2v) is 20.9. The molecule has 0 amide bonds. The zero-order valence-electron chi connectivity index (χ0n) is 44.2. The molecule has 2 heterocycles. The quantitative estimate of drug-likeness (QED) is 0.108. The van der Waals surface area contributed by atoms with Crippen molar-refractivity contribution in [2.45, 2.75) is 38.5 Å². The van der Waals surface area contributed by atoms with Gasteiger partial charge in [-0.3, -0.25) is 0 Å². The summed E-state index contributed by atoms with van der Waals surface area (Å²) in [4.78, 5) is 18.5. The number of anilines is 2. The van der Waals surface area contributed by atoms with Crippen molar-refractivity contribution in [2.24, 2.45) is 0 Å². The molecule has 2 aromatic heterocycles. The molecule has 1 unspecified atom stereocenters. The fourth-order valence-corrected chi connectivity index (χ4v) is 10.8. The molecule has 0 radical (unpaired) electrons. The smallest absolute Gasteiger partial charge is 0.164 e. The fourth-order valence-electron chi connectivity index (χ4n) is 10.8. The molecule has 1 aliphatic rings. The van der Waals surface area contributed by atoms with E-state index >= 15 is 0 Å². The number of para-hydroxylation sites is 2. The van der Waals surface area contributed by atoms with Crippen LogP contribution in [0.2, 0.25) is 0 Å². The number of hydrogen-bond acceptors (Lipinski definition) is 4. The van der Waals surface area contributed by atoms with Crippen molar-refractivity contribution < 1.29 is 0 Å². The van der Waals surface area contributed by atoms with Crippen molar-refractivity contribution in [3.05, 3.63) is 313 Å². The fraction of sp³-hybridized carbons (Fsp3) is 0.0822. The highest BCUT2D eigenvalue weighted by atomic mass is 15.2. The molecule has 12 rings (SSSR count). The van der Waals surface area contributed by atoms with Crippen LogP contribution in [0.1, 0.15) is 67.0 Å². The number of hydrogen-bond donors (Lipinski definition) is 0. The van der Waals surface area contributed by atoms with E-state index in [-0.39, 0.29) is 11.3 Å². The van der Waals surface area contributed by atoms with Crippen molar-refractivity contribution in [1.29, 1.82) is 0 Å². The van der Waals surface area contributed by atoms with Crippen LogP contribution in [0.4, 0.5) is 11.4 Å². The Bertz CT molecular complexity index is 4000. The lowest BCUT2D eigenvalue weighted by Crippen LogP contribution is -2.26. The zero-order chi connectivity index (χ0) is 53.0. The molecule has 5 heteroatoms. The summed E-state index contributed by atoms with van der Waals surface area (Å²) in [6, 6.07) is 86.7. The molecular formula is C73H59N5. The van der Waals surface area contributed by atoms with E-state index in [1.165, 1.54) is 32.9 Å². The Morgan fingerprint density at radius 1 is 0.526 bits per heavy atom. The molecule has 0 N–H and O–H groups in total. The largest absolute Gasteiger partial charge is 0.313 e. The van der Waals surface area contributed by atoms with E-state index in [9.17, 15) is 0 Å². The highest BCUT2D eigenvalue weighted by Gasteiger charge is 2.34. The van der Waals surface area contributed by atoms with Crippen LogP contribution in [0.25, 0.3) is 72.8 Å². The van der Waals surface area contributed by atoms with E-state index in [2.05, 4.69) is 267 Å². The van der Waals surface area contributed by atoms with Gasteiger partial charge in [-0.2, -0.15) is 0 Å². The molecule has 0 saturated heterocycles. The molecule has 9 aromatic carbocycles. The average Bonchev–Trinajstić information content (AvgIpc) is 4.00. The topological polar surface area (TPSA) is 46.8 Å². The van der Waals surface area contributed by atoms with Crippen LogP contribution < -0.4 is 4.90 Å². The molecule has 0 saturated carbocycles. The Labute approximate surface area is 457 Å². The molecule has 376 valence electrons. The van der Waals surface area contributed by atoms with Gasteiger partial charge in [-0.25, -0.2) is 15.0 Å². The highest BCUT2D eigenvalue weighted by Crippen LogP contribution is 2.49. The van der Waals surface area contributed by atoms with Crippen molar-refractivity contribution in [2.75, 3.05) is 4.90 Å². The number of benzene rings is 9. The van der Waals surface area contributed by atoms with Gasteiger partial charge in [-0.05, 0) is 105 Å². The first kappa shape index (κ1) is 49.2. The van der Waals surface area contributed by atoms with Gasteiger partial charge in [0.25, 0.3) is 0 Å². The van der Waals surface area contributed by atoms with E-state index < -0.39 is 0 Å². The lowest BCUT2D eigenvalue weighted by molar-refractivity contribution is 0.590. The van der Waals surface area contributed by atoms with Crippen LogP contribution in [-0.2, 0) is 5.41 Å². The number of aromatic nitrogens is 4. The van der Waals surface area contributed by atoms with Crippen molar-refractivity contribution in [3.63, 3.8) is 0 Å². The van der Waals surface area contributed by atoms with Gasteiger partial charge in [0.15, 0.2) is 17.5 Å². The van der Waals surface area contributed by atoms with Gasteiger partial charge in [-0.15, -0.1) is 0 Å². The Kier molecular flexibility index (Phi) is 13.6. The van der Waals surface area contributed by atoms with Crippen molar-refractivity contribution in [1.82, 2.24) is 19.5 Å². The third-order valence-electron chi connectivity index (χ3n) is 14.8. The Morgan fingerprint density at radius 3 is 1.64 bits per heavy atom. The van der Waals surface area contributed by atoms with Gasteiger partial charge in [0.1, 0.15) is 0 Å². The van der Waals surface area contributed by atoms with E-state index in [0.29, 0.717) is 23.9 Å². The van der Waals surface area contributed by atoms with E-state index in [1.807, 2.05) is 42.5 Å². The lowest BCUT2D eigenvalue weighted by Gasteiger charge is -2.38. The van der Waals surface area contributed by atoms with Crippen molar-refractivity contribution >= 4 is 56.0 Å². The number of rotatable bonds is 13. The van der Waals surface area contributed by atoms with Gasteiger partial charge in [0, 0.05) is 56.2 Å². The summed E-state index contributed by atoms with van der Waals surface area (Å²) in [5.41, 5.74) is 17.4. The maximum Gasteiger partial charge on any atom is 0.164 e. The molecule has 5 nitrogen and oxygen atoms in total. The van der Waals surface area contributed by atoms with Gasteiger partial charge in [0.2, 0.25) is 0 Å². The maximum absolute atomic E-state index is 5.42. The van der Waals surface area contributed by atoms with Crippen LogP contribution in [0.3, 0.4) is 0 Å². The normalized spacial score (nSPS) is 14.0. The molecule has 0 fully saturated rings. The molecule has 11 aromatic rings. The first-order valence-corrected chi connectivity index (χ1v) is 26.8. The van der Waals surface area contributed by atoms with Crippen LogP contribution >= 0.6 is 0 Å². The summed E-state index contributed by atoms with van der Waals surface area (Å²) in [7, 11) is 0. The Hall–Kier alpha value is -9.71. The van der Waals surface area contributed by atoms with Gasteiger partial charge in [0.05, 0.1) is 11.0 Å². The van der Waals surface area contributed by atoms with Crippen LogP contribution in [0.15, 0.2) is 279 Å². The van der Waals surface area contributed by atoms with Gasteiger partial charge in [-0.1, -0.05) is 246 Å². The second kappa shape index (κ2) is 21.5. The predicted octanol–water partition coefficient (Wildman–Crippen LogP) is 18.7. The Morgan fingerprint density at radius 2 is 1.04 bits per heavy atom. The molecule has 1 aliphatic carbocycles. The predicted molar refractivity (Wildman–Crippen MR) is 328 cm³/mol. The third-order valence-corrected chi connectivity index (χ3v) is 14.8. The third kappa shape index (κ3) is 9.98. The first-order valence-electron chi connectivity index (χ1n) is 26.8. The minimum atomic E-state index is -0.141. The molecule has 0 bridgehead atoms. The van der Waals surface area contributed by atoms with Gasteiger partial charge >= 0.3 is 0 Å². The lowest BCUT2D eigenvalue weighted by atomic mass is 9.79. The Balaban J connectivity index is 1.07. The molecule has 0 spiro atoms. The summed E-state index contributed by atoms with van der Waals surface area (Å²) in [6.07, 6.45) is 10.9. The minimum absolute atomic E-state index is 0.0259. The summed E-state index contributed by atoms with van der Waals surface area (Å²) in [5.74, 6) is 1.61. The second-order valence-electron chi connectivity index (χ2n) is 20.9. The van der Waals surface area contributed by atoms with Crippen molar-refractivity contribution in [3.8, 4) is 28.2 Å². The highest BCUT2D eigenvalue weighted by molar-refractivity contribution is 6.09. The summed E-state index contributed by atoms with van der Waals surface area (Å²) in [6.45, 7) is 11.1. The number of fused-ring (bicyclic) bond motifs is 3. The maximum atomic E-state index is 5.42. The van der Waals surface area contributed by atoms with E-state index in [0.717, 1.165) is 67.3 Å². The monoisotopic (exact) mass is 1010 g/mol. The summed E-state index contributed by atoms with van der Waals surface area (Å²) >= 11 is 0. The molecule has 1 atom stereocenters. The van der Waals surface area contributed by atoms with E-state index in [1.54, 1.807) is 0 Å². The number of nitrogens with zero attached hydrogens (tertiary/aromatic N) is 5. The minimum Gasteiger partial charge on any atom is -0.313 e. The van der Waals surface area contributed by atoms with Crippen LogP contribution in [0.5, 0.6) is 0 Å². The number of allylic oxidation sites excluding steroid dienone is 8. The van der Waals surface area contributed by atoms with Gasteiger partial charge < -0.3 is 9.47 Å². The molecule has 0 aliphatic heterocycles. The summed E-state index contributed by atoms with van der Waals surface area (Å²) in [5, 5.41) is 2.47. The standard InChI is InChI=1S/C73H59N5/c1-5-52(32-22-25-51-23-10-6-11-24-51)70-74-71(57-39-37-54(38-40-57)53-26-12-7-13-27-53)76-72(75-70)58-49-65(55-28-14-8-15-29-55)69(66(50-58)56-30-16-9-17-31-56)77(60-43-41-59(42-44-60)73(2,3)4)61-45-47-62(48-46-61)78-67-35-20-18-33-63(67)64-34-19-21-36-68(64)78/h5-49,66H,1,50H2,2-4H3/b25-22+,52-32+.